The van der Waals surface area contributed by atoms with Crippen molar-refractivity contribution in [3.63, 3.8) is 0 Å². The number of fused-ring (bicyclic) bond motifs is 1. The van der Waals surface area contributed by atoms with Gasteiger partial charge in [0.15, 0.2) is 17.6 Å². The van der Waals surface area contributed by atoms with Crippen LogP contribution in [0.3, 0.4) is 0 Å². The van der Waals surface area contributed by atoms with Gasteiger partial charge in [0.2, 0.25) is 0 Å². The molecule has 4 N–H and O–H groups in total. The summed E-state index contributed by atoms with van der Waals surface area (Å²) in [6, 6.07) is 6.81. The van der Waals surface area contributed by atoms with Crippen LogP contribution in [0.1, 0.15) is 35.4 Å². The maximum absolute atomic E-state index is 12.9. The van der Waals surface area contributed by atoms with E-state index in [9.17, 15) is 34.8 Å². The molecule has 0 aliphatic carbocycles. The van der Waals surface area contributed by atoms with Gasteiger partial charge in [-0.05, 0) is 31.5 Å². The van der Waals surface area contributed by atoms with Crippen LogP contribution in [0, 0.1) is 6.92 Å². The van der Waals surface area contributed by atoms with Crippen LogP contribution in [0.25, 0.3) is 0 Å². The molecule has 4 aromatic rings. The topological polar surface area (TPSA) is 200 Å². The highest BCUT2D eigenvalue weighted by molar-refractivity contribution is 5.69. The van der Waals surface area contributed by atoms with E-state index in [1.54, 1.807) is 26.1 Å². The Kier molecular flexibility index (Phi) is 8.57. The molecule has 1 aliphatic heterocycles. The lowest BCUT2D eigenvalue weighted by Crippen LogP contribution is -2.43. The smallest absolute Gasteiger partial charge is 0.331 e. The maximum Gasteiger partial charge on any atom is 0.331 e. The Morgan fingerprint density at radius 3 is 2.59 bits per heavy atom. The molecule has 0 fully saturated rings. The summed E-state index contributed by atoms with van der Waals surface area (Å²) in [6.07, 6.45) is 1.80. The first-order valence-electron chi connectivity index (χ1n) is 13.7. The van der Waals surface area contributed by atoms with E-state index in [2.05, 4.69) is 10.3 Å². The van der Waals surface area contributed by atoms with Gasteiger partial charge in [0.25, 0.3) is 5.56 Å². The molecule has 0 amide bonds. The molecule has 232 valence electrons. The average Bonchev–Trinajstić information content (AvgIpc) is 3.44. The third-order valence-corrected chi connectivity index (χ3v) is 7.10. The molecule has 15 heteroatoms. The lowest BCUT2D eigenvalue weighted by Gasteiger charge is -2.34. The summed E-state index contributed by atoms with van der Waals surface area (Å²) in [5, 5.41) is 48.4. The Morgan fingerprint density at radius 1 is 1.05 bits per heavy atom. The molecule has 2 aromatic carbocycles. The Balaban J connectivity index is 1.29. The number of phenolic OH excluding ortho intramolecular Hbond substituents is 4. The molecule has 3 heterocycles. The molecule has 1 aliphatic rings. The number of benzene rings is 2. The van der Waals surface area contributed by atoms with Crippen molar-refractivity contribution in [2.75, 3.05) is 6.61 Å². The van der Waals surface area contributed by atoms with E-state index >= 15 is 0 Å². The second-order valence-electron chi connectivity index (χ2n) is 10.2. The highest BCUT2D eigenvalue weighted by atomic mass is 16.5. The highest BCUT2D eigenvalue weighted by Gasteiger charge is 2.35. The van der Waals surface area contributed by atoms with Crippen molar-refractivity contribution in [3.05, 3.63) is 85.9 Å². The van der Waals surface area contributed by atoms with Gasteiger partial charge in [0.1, 0.15) is 35.6 Å². The number of aromatic nitrogens is 5. The third-order valence-electron chi connectivity index (χ3n) is 7.10. The SMILES string of the molecule is CCOC(=O)Cn1c(=O)c(C)cn(CCn2cc(CO[C@@H]3Cc4c(O)cc(O)cc4O[C@@H]3c3ccc(O)c(O)c3)nn2)c1=O. The van der Waals surface area contributed by atoms with E-state index in [1.807, 2.05) is 0 Å². The quantitative estimate of drug-likeness (QED) is 0.148. The van der Waals surface area contributed by atoms with Gasteiger partial charge in [-0.3, -0.25) is 18.8 Å². The van der Waals surface area contributed by atoms with Gasteiger partial charge in [-0.2, -0.15) is 0 Å². The van der Waals surface area contributed by atoms with E-state index in [1.165, 1.54) is 39.7 Å². The van der Waals surface area contributed by atoms with E-state index in [-0.39, 0.29) is 67.0 Å². The molecule has 2 aromatic heterocycles. The van der Waals surface area contributed by atoms with Crippen LogP contribution in [0.4, 0.5) is 0 Å². The van der Waals surface area contributed by atoms with Gasteiger partial charge < -0.3 is 34.6 Å². The first kappa shape index (κ1) is 30.2. The molecular weight excluding hydrogens is 578 g/mol. The Bertz CT molecular complexity index is 1810. The summed E-state index contributed by atoms with van der Waals surface area (Å²) >= 11 is 0. The standard InChI is InChI=1S/C29H31N5O10/c1-3-42-26(39)14-34-28(40)16(2)12-32(29(34)41)6-7-33-13-18(30-31-33)15-43-25-11-20-22(37)9-19(35)10-24(20)44-27(25)17-4-5-21(36)23(38)8-17/h4-5,8-10,12-13,25,27,35-38H,3,6-7,11,14-15H2,1-2H3/t25-,27-/m1/s1. The number of hydrogen-bond donors (Lipinski definition) is 4. The minimum Gasteiger partial charge on any atom is -0.508 e. The van der Waals surface area contributed by atoms with Crippen LogP contribution < -0.4 is 16.0 Å². The number of hydrogen-bond acceptors (Lipinski definition) is 12. The number of aryl methyl sites for hydroxylation is 3. The second kappa shape index (κ2) is 12.5. The monoisotopic (exact) mass is 609 g/mol. The van der Waals surface area contributed by atoms with Gasteiger partial charge >= 0.3 is 11.7 Å². The number of phenols is 4. The third kappa shape index (κ3) is 6.36. The van der Waals surface area contributed by atoms with Crippen molar-refractivity contribution in [2.24, 2.45) is 0 Å². The summed E-state index contributed by atoms with van der Waals surface area (Å²) in [5.41, 5.74) is 0.440. The summed E-state index contributed by atoms with van der Waals surface area (Å²) in [5.74, 6) is -1.42. The van der Waals surface area contributed by atoms with Gasteiger partial charge in [0, 0.05) is 42.4 Å². The van der Waals surface area contributed by atoms with Gasteiger partial charge in [-0.25, -0.2) is 9.36 Å². The molecule has 0 saturated carbocycles. The predicted molar refractivity (Wildman–Crippen MR) is 152 cm³/mol. The number of nitrogens with zero attached hydrogens (tertiary/aromatic N) is 5. The van der Waals surface area contributed by atoms with E-state index in [0.717, 1.165) is 4.57 Å². The van der Waals surface area contributed by atoms with Gasteiger partial charge in [0.05, 0.1) is 26.0 Å². The minimum atomic E-state index is -0.773. The number of aromatic hydroxyl groups is 4. The zero-order valence-corrected chi connectivity index (χ0v) is 23.9. The lowest BCUT2D eigenvalue weighted by molar-refractivity contribution is -0.143. The molecule has 44 heavy (non-hydrogen) atoms. The van der Waals surface area contributed by atoms with Crippen molar-refractivity contribution in [1.82, 2.24) is 24.1 Å². The van der Waals surface area contributed by atoms with Crippen molar-refractivity contribution in [1.29, 1.82) is 0 Å². The fourth-order valence-corrected chi connectivity index (χ4v) is 4.95. The van der Waals surface area contributed by atoms with Crippen LogP contribution in [-0.2, 0) is 46.9 Å². The summed E-state index contributed by atoms with van der Waals surface area (Å²) in [6.45, 7) is 3.16. The van der Waals surface area contributed by atoms with E-state index in [4.69, 9.17) is 14.2 Å². The zero-order chi connectivity index (χ0) is 31.5. The molecule has 0 bridgehead atoms. The largest absolute Gasteiger partial charge is 0.508 e. The first-order valence-corrected chi connectivity index (χ1v) is 13.7. The van der Waals surface area contributed by atoms with Crippen LogP contribution in [0.15, 0.2) is 52.3 Å². The lowest BCUT2D eigenvalue weighted by atomic mass is 9.93. The molecule has 0 spiro atoms. The number of rotatable bonds is 10. The number of carbonyl (C=O) groups excluding carboxylic acids is 1. The van der Waals surface area contributed by atoms with Gasteiger partial charge in [-0.1, -0.05) is 11.3 Å². The molecule has 0 unspecified atom stereocenters. The molecule has 0 radical (unpaired) electrons. The molecule has 2 atom stereocenters. The summed E-state index contributed by atoms with van der Waals surface area (Å²) in [4.78, 5) is 37.2. The normalized spacial score (nSPS) is 15.9. The van der Waals surface area contributed by atoms with Crippen molar-refractivity contribution in [2.45, 2.75) is 58.7 Å². The molecular formula is C29H31N5O10. The number of carbonyl (C=O) groups is 1. The van der Waals surface area contributed by atoms with Crippen LogP contribution in [0.5, 0.6) is 28.7 Å². The second-order valence-corrected chi connectivity index (χ2v) is 10.2. The number of ether oxygens (including phenoxy) is 3. The summed E-state index contributed by atoms with van der Waals surface area (Å²) in [7, 11) is 0. The Morgan fingerprint density at radius 2 is 1.84 bits per heavy atom. The predicted octanol–water partition coefficient (Wildman–Crippen LogP) is 1.26. The van der Waals surface area contributed by atoms with Crippen LogP contribution in [-0.4, -0.2) is 63.2 Å². The maximum atomic E-state index is 12.9. The first-order chi connectivity index (χ1) is 21.0. The molecule has 0 saturated heterocycles. The fourth-order valence-electron chi connectivity index (χ4n) is 4.95. The number of esters is 1. The van der Waals surface area contributed by atoms with Crippen LogP contribution >= 0.6 is 0 Å². The zero-order valence-electron chi connectivity index (χ0n) is 23.9. The van der Waals surface area contributed by atoms with E-state index < -0.39 is 36.0 Å². The highest BCUT2D eigenvalue weighted by Crippen LogP contribution is 2.43. The van der Waals surface area contributed by atoms with E-state index in [0.29, 0.717) is 16.8 Å². The Hall–Kier alpha value is -5.31. The van der Waals surface area contributed by atoms with Crippen molar-refractivity contribution < 1.29 is 39.4 Å². The van der Waals surface area contributed by atoms with Crippen LogP contribution in [0.2, 0.25) is 0 Å². The average molecular weight is 610 g/mol. The molecule has 5 rings (SSSR count). The Labute approximate surface area is 249 Å². The molecule has 15 nitrogen and oxygen atoms in total. The van der Waals surface area contributed by atoms with Crippen molar-refractivity contribution >= 4 is 5.97 Å². The minimum absolute atomic E-state index is 0.00769. The fraction of sp³-hybridized carbons (Fsp3) is 0.345. The van der Waals surface area contributed by atoms with Crippen molar-refractivity contribution in [3.8, 4) is 28.7 Å². The van der Waals surface area contributed by atoms with Gasteiger partial charge in [-0.15, -0.1) is 5.10 Å². The summed E-state index contributed by atoms with van der Waals surface area (Å²) < 4.78 is 20.7.